The lowest BCUT2D eigenvalue weighted by Crippen LogP contribution is -2.51. The summed E-state index contributed by atoms with van der Waals surface area (Å²) in [4.78, 5) is 43.6. The average Bonchev–Trinajstić information content (AvgIpc) is 3.11. The SMILES string of the molecule is CC(=O)N1CCN(C(=O)Nc2nc(CC(=O)Nc3ccc(C)c(Cl)c3)cs2)CC1. The molecule has 1 aromatic carbocycles. The predicted octanol–water partition coefficient (Wildman–Crippen LogP) is 2.98. The van der Waals surface area contributed by atoms with Crippen LogP contribution < -0.4 is 10.6 Å². The highest BCUT2D eigenvalue weighted by Crippen LogP contribution is 2.21. The third-order valence-corrected chi connectivity index (χ3v) is 5.79. The number of urea groups is 1. The molecule has 0 radical (unpaired) electrons. The number of nitrogens with one attached hydrogen (secondary N) is 2. The molecule has 4 amide bonds. The van der Waals surface area contributed by atoms with E-state index in [0.29, 0.717) is 47.7 Å². The summed E-state index contributed by atoms with van der Waals surface area (Å²) in [6.07, 6.45) is 0.0924. The summed E-state index contributed by atoms with van der Waals surface area (Å²) in [6, 6.07) is 5.07. The predicted molar refractivity (Wildman–Crippen MR) is 113 cm³/mol. The molecule has 8 nitrogen and oxygen atoms in total. The van der Waals surface area contributed by atoms with E-state index < -0.39 is 0 Å². The zero-order valence-corrected chi connectivity index (χ0v) is 17.8. The Hall–Kier alpha value is -2.65. The first kappa shape index (κ1) is 21.1. The van der Waals surface area contributed by atoms with Crippen LogP contribution in [0.15, 0.2) is 23.6 Å². The summed E-state index contributed by atoms with van der Waals surface area (Å²) in [5.74, 6) is -0.200. The van der Waals surface area contributed by atoms with Crippen molar-refractivity contribution < 1.29 is 14.4 Å². The van der Waals surface area contributed by atoms with Gasteiger partial charge in [0.15, 0.2) is 5.13 Å². The summed E-state index contributed by atoms with van der Waals surface area (Å²) in [5.41, 5.74) is 2.13. The minimum atomic E-state index is -0.257. The number of aromatic nitrogens is 1. The van der Waals surface area contributed by atoms with Gasteiger partial charge < -0.3 is 15.1 Å². The van der Waals surface area contributed by atoms with Gasteiger partial charge in [-0.05, 0) is 24.6 Å². The molecule has 0 spiro atoms. The molecule has 0 unspecified atom stereocenters. The fourth-order valence-corrected chi connectivity index (χ4v) is 3.76. The number of nitrogens with zero attached hydrogens (tertiary/aromatic N) is 3. The second-order valence-electron chi connectivity index (χ2n) is 6.76. The third-order valence-electron chi connectivity index (χ3n) is 4.58. The molecule has 0 saturated carbocycles. The van der Waals surface area contributed by atoms with E-state index in [0.717, 1.165) is 5.56 Å². The molecule has 29 heavy (non-hydrogen) atoms. The lowest BCUT2D eigenvalue weighted by atomic mass is 10.2. The monoisotopic (exact) mass is 435 g/mol. The Bertz CT molecular complexity index is 924. The maximum Gasteiger partial charge on any atom is 0.323 e. The normalized spacial score (nSPS) is 13.9. The number of carbonyl (C=O) groups excluding carboxylic acids is 3. The van der Waals surface area contributed by atoms with Gasteiger partial charge in [0.05, 0.1) is 12.1 Å². The summed E-state index contributed by atoms with van der Waals surface area (Å²) in [5, 5.41) is 8.31. The van der Waals surface area contributed by atoms with Gasteiger partial charge in [-0.2, -0.15) is 0 Å². The number of anilines is 2. The van der Waals surface area contributed by atoms with Crippen molar-refractivity contribution in [3.63, 3.8) is 0 Å². The highest BCUT2D eigenvalue weighted by molar-refractivity contribution is 7.13. The minimum Gasteiger partial charge on any atom is -0.339 e. The molecule has 0 bridgehead atoms. The Morgan fingerprint density at radius 2 is 1.83 bits per heavy atom. The van der Waals surface area contributed by atoms with Gasteiger partial charge in [0.2, 0.25) is 11.8 Å². The number of rotatable bonds is 4. The number of aryl methyl sites for hydroxylation is 1. The van der Waals surface area contributed by atoms with Crippen LogP contribution in [0.2, 0.25) is 5.02 Å². The number of benzene rings is 1. The molecule has 2 aromatic rings. The summed E-state index contributed by atoms with van der Waals surface area (Å²) in [6.45, 7) is 5.42. The molecule has 154 valence electrons. The van der Waals surface area contributed by atoms with Crippen molar-refractivity contribution in [2.45, 2.75) is 20.3 Å². The molecule has 0 aliphatic carbocycles. The van der Waals surface area contributed by atoms with Gasteiger partial charge in [-0.15, -0.1) is 11.3 Å². The van der Waals surface area contributed by atoms with Crippen molar-refractivity contribution in [1.29, 1.82) is 0 Å². The van der Waals surface area contributed by atoms with E-state index in [9.17, 15) is 14.4 Å². The first-order valence-electron chi connectivity index (χ1n) is 9.13. The molecule has 2 heterocycles. The van der Waals surface area contributed by atoms with Gasteiger partial charge >= 0.3 is 6.03 Å². The number of halogens is 1. The van der Waals surface area contributed by atoms with Gasteiger partial charge in [-0.25, -0.2) is 9.78 Å². The van der Waals surface area contributed by atoms with Crippen LogP contribution in [0.4, 0.5) is 15.6 Å². The Morgan fingerprint density at radius 1 is 1.14 bits per heavy atom. The molecule has 1 fully saturated rings. The molecular weight excluding hydrogens is 414 g/mol. The van der Waals surface area contributed by atoms with Crippen molar-refractivity contribution in [2.75, 3.05) is 36.8 Å². The van der Waals surface area contributed by atoms with Crippen LogP contribution in [0.25, 0.3) is 0 Å². The topological polar surface area (TPSA) is 94.6 Å². The van der Waals surface area contributed by atoms with Crippen LogP contribution in [0.3, 0.4) is 0 Å². The lowest BCUT2D eigenvalue weighted by molar-refractivity contribution is -0.130. The summed E-state index contributed by atoms with van der Waals surface area (Å²) >= 11 is 7.34. The van der Waals surface area contributed by atoms with Crippen LogP contribution >= 0.6 is 22.9 Å². The van der Waals surface area contributed by atoms with E-state index in [-0.39, 0.29) is 24.3 Å². The van der Waals surface area contributed by atoms with E-state index in [1.165, 1.54) is 18.3 Å². The third kappa shape index (κ3) is 5.68. The Balaban J connectivity index is 1.50. The lowest BCUT2D eigenvalue weighted by Gasteiger charge is -2.33. The van der Waals surface area contributed by atoms with E-state index in [2.05, 4.69) is 15.6 Å². The smallest absolute Gasteiger partial charge is 0.323 e. The van der Waals surface area contributed by atoms with E-state index in [1.54, 1.807) is 27.3 Å². The fraction of sp³-hybridized carbons (Fsp3) is 0.368. The first-order valence-corrected chi connectivity index (χ1v) is 10.4. The molecule has 1 aromatic heterocycles. The van der Waals surface area contributed by atoms with Crippen molar-refractivity contribution in [3.05, 3.63) is 39.9 Å². The minimum absolute atomic E-state index is 0.0146. The first-order chi connectivity index (χ1) is 13.8. The molecular formula is C19H22ClN5O3S. The zero-order valence-electron chi connectivity index (χ0n) is 16.2. The van der Waals surface area contributed by atoms with Crippen LogP contribution in [0, 0.1) is 6.92 Å². The standard InChI is InChI=1S/C19H22ClN5O3S/c1-12-3-4-14(9-16(12)20)21-17(27)10-15-11-29-18(22-15)23-19(28)25-7-5-24(6-8-25)13(2)26/h3-4,9,11H,5-8,10H2,1-2H3,(H,21,27)(H,22,23,28). The maximum atomic E-state index is 12.4. The number of hydrogen-bond acceptors (Lipinski definition) is 5. The molecule has 1 aliphatic heterocycles. The quantitative estimate of drug-likeness (QED) is 0.771. The molecule has 2 N–H and O–H groups in total. The molecule has 1 saturated heterocycles. The molecule has 1 aliphatic rings. The van der Waals surface area contributed by atoms with E-state index in [4.69, 9.17) is 11.6 Å². The number of piperazine rings is 1. The number of hydrogen-bond donors (Lipinski definition) is 2. The van der Waals surface area contributed by atoms with Gasteiger partial charge in [0, 0.05) is 49.2 Å². The maximum absolute atomic E-state index is 12.4. The highest BCUT2D eigenvalue weighted by Gasteiger charge is 2.23. The van der Waals surface area contributed by atoms with Gasteiger partial charge in [0.25, 0.3) is 0 Å². The number of amides is 4. The van der Waals surface area contributed by atoms with Crippen molar-refractivity contribution in [3.8, 4) is 0 Å². The summed E-state index contributed by atoms with van der Waals surface area (Å²) in [7, 11) is 0. The fourth-order valence-electron chi connectivity index (χ4n) is 2.88. The Kier molecular flexibility index (Phi) is 6.71. The van der Waals surface area contributed by atoms with Gasteiger partial charge in [-0.1, -0.05) is 17.7 Å². The van der Waals surface area contributed by atoms with Gasteiger partial charge in [0.1, 0.15) is 0 Å². The Morgan fingerprint density at radius 3 is 2.48 bits per heavy atom. The average molecular weight is 436 g/mol. The second-order valence-corrected chi connectivity index (χ2v) is 8.02. The molecule has 10 heteroatoms. The van der Waals surface area contributed by atoms with Crippen LogP contribution in [0.1, 0.15) is 18.2 Å². The van der Waals surface area contributed by atoms with Gasteiger partial charge in [-0.3, -0.25) is 14.9 Å². The number of carbonyl (C=O) groups is 3. The van der Waals surface area contributed by atoms with E-state index >= 15 is 0 Å². The second kappa shape index (κ2) is 9.23. The molecule has 0 atom stereocenters. The van der Waals surface area contributed by atoms with Crippen molar-refractivity contribution in [1.82, 2.24) is 14.8 Å². The van der Waals surface area contributed by atoms with Crippen LogP contribution in [0.5, 0.6) is 0 Å². The number of thiazole rings is 1. The zero-order chi connectivity index (χ0) is 21.0. The highest BCUT2D eigenvalue weighted by atomic mass is 35.5. The van der Waals surface area contributed by atoms with Crippen molar-refractivity contribution >= 4 is 51.6 Å². The van der Waals surface area contributed by atoms with Crippen LogP contribution in [-0.4, -0.2) is 58.8 Å². The largest absolute Gasteiger partial charge is 0.339 e. The van der Waals surface area contributed by atoms with Crippen LogP contribution in [-0.2, 0) is 16.0 Å². The Labute approximate surface area is 177 Å². The van der Waals surface area contributed by atoms with Crippen molar-refractivity contribution in [2.24, 2.45) is 0 Å². The van der Waals surface area contributed by atoms with E-state index in [1.807, 2.05) is 13.0 Å². The molecule has 3 rings (SSSR count). The summed E-state index contributed by atoms with van der Waals surface area (Å²) < 4.78 is 0.